The van der Waals surface area contributed by atoms with Crippen molar-refractivity contribution in [3.63, 3.8) is 0 Å². The molecule has 0 saturated carbocycles. The zero-order chi connectivity index (χ0) is 33.0. The minimum Gasteiger partial charge on any atom is -0.456 e. The number of para-hydroxylation sites is 2. The Morgan fingerprint density at radius 3 is 1.64 bits per heavy atom. The van der Waals surface area contributed by atoms with Crippen molar-refractivity contribution >= 4 is 43.7 Å². The first-order valence-corrected chi connectivity index (χ1v) is 16.7. The molecule has 0 fully saturated rings. The summed E-state index contributed by atoms with van der Waals surface area (Å²) >= 11 is 0. The van der Waals surface area contributed by atoms with E-state index in [0.717, 1.165) is 66.5 Å². The molecule has 10 aromatic rings. The summed E-state index contributed by atoms with van der Waals surface area (Å²) in [5.74, 6) is 1.93. The molecule has 0 aliphatic heterocycles. The summed E-state index contributed by atoms with van der Waals surface area (Å²) in [5.41, 5.74) is 10.2. The van der Waals surface area contributed by atoms with Crippen LogP contribution in [0, 0.1) is 0 Å². The molecule has 50 heavy (non-hydrogen) atoms. The number of benzene rings is 7. The smallest absolute Gasteiger partial charge is 0.164 e. The van der Waals surface area contributed by atoms with E-state index < -0.39 is 0 Å². The predicted octanol–water partition coefficient (Wildman–Crippen LogP) is 11.5. The van der Waals surface area contributed by atoms with Gasteiger partial charge in [0.15, 0.2) is 17.5 Å². The van der Waals surface area contributed by atoms with Crippen LogP contribution in [0.3, 0.4) is 0 Å². The van der Waals surface area contributed by atoms with E-state index in [4.69, 9.17) is 19.4 Å². The molecule has 0 radical (unpaired) electrons. The molecule has 0 amide bonds. The average molecular weight is 641 g/mol. The van der Waals surface area contributed by atoms with Crippen molar-refractivity contribution in [1.82, 2.24) is 19.5 Å². The summed E-state index contributed by atoms with van der Waals surface area (Å²) in [4.78, 5) is 14.7. The molecule has 5 heteroatoms. The van der Waals surface area contributed by atoms with Crippen LogP contribution >= 0.6 is 0 Å². The Labute approximate surface area is 287 Å². The number of furan rings is 1. The van der Waals surface area contributed by atoms with Gasteiger partial charge in [0.1, 0.15) is 11.2 Å². The Morgan fingerprint density at radius 2 is 0.920 bits per heavy atom. The first-order chi connectivity index (χ1) is 24.8. The first kappa shape index (κ1) is 28.2. The Hall–Kier alpha value is -6.85. The fourth-order valence-electron chi connectivity index (χ4n) is 7.04. The van der Waals surface area contributed by atoms with Gasteiger partial charge in [0.05, 0.1) is 11.0 Å². The molecule has 0 saturated heterocycles. The Balaban J connectivity index is 1.06. The molecule has 0 aliphatic carbocycles. The Morgan fingerprint density at radius 1 is 0.340 bits per heavy atom. The minimum absolute atomic E-state index is 0.637. The molecule has 0 aliphatic rings. The Kier molecular flexibility index (Phi) is 6.42. The summed E-state index contributed by atoms with van der Waals surface area (Å²) < 4.78 is 8.64. The molecule has 3 aromatic heterocycles. The van der Waals surface area contributed by atoms with Gasteiger partial charge in [0.25, 0.3) is 0 Å². The van der Waals surface area contributed by atoms with Gasteiger partial charge in [0, 0.05) is 50.0 Å². The topological polar surface area (TPSA) is 56.7 Å². The molecule has 234 valence electrons. The van der Waals surface area contributed by atoms with E-state index >= 15 is 0 Å². The number of fused-ring (bicyclic) bond motifs is 6. The van der Waals surface area contributed by atoms with Crippen LogP contribution in [0.1, 0.15) is 0 Å². The highest BCUT2D eigenvalue weighted by Gasteiger charge is 2.17. The molecular formula is C45H28N4O. The third-order valence-corrected chi connectivity index (χ3v) is 9.45. The van der Waals surface area contributed by atoms with Crippen molar-refractivity contribution in [2.45, 2.75) is 0 Å². The maximum Gasteiger partial charge on any atom is 0.164 e. The van der Waals surface area contributed by atoms with E-state index in [1.165, 1.54) is 10.8 Å². The van der Waals surface area contributed by atoms with Gasteiger partial charge >= 0.3 is 0 Å². The second-order valence-corrected chi connectivity index (χ2v) is 12.5. The lowest BCUT2D eigenvalue weighted by Gasteiger charge is -2.11. The van der Waals surface area contributed by atoms with Crippen LogP contribution in [0.25, 0.3) is 94.7 Å². The number of hydrogen-bond donors (Lipinski definition) is 0. The summed E-state index contributed by atoms with van der Waals surface area (Å²) in [6.45, 7) is 0. The van der Waals surface area contributed by atoms with Crippen LogP contribution in [0.4, 0.5) is 0 Å². The van der Waals surface area contributed by atoms with Crippen molar-refractivity contribution in [3.8, 4) is 51.0 Å². The number of nitrogens with zero attached hydrogens (tertiary/aromatic N) is 4. The third kappa shape index (κ3) is 4.67. The van der Waals surface area contributed by atoms with E-state index in [9.17, 15) is 0 Å². The van der Waals surface area contributed by atoms with E-state index in [0.29, 0.717) is 17.5 Å². The molecule has 10 rings (SSSR count). The van der Waals surface area contributed by atoms with Gasteiger partial charge in [-0.2, -0.15) is 0 Å². The molecule has 0 bridgehead atoms. The number of rotatable bonds is 5. The van der Waals surface area contributed by atoms with E-state index in [1.54, 1.807) is 0 Å². The maximum absolute atomic E-state index is 6.31. The first-order valence-electron chi connectivity index (χ1n) is 16.7. The largest absolute Gasteiger partial charge is 0.456 e. The zero-order valence-corrected chi connectivity index (χ0v) is 26.9. The average Bonchev–Trinajstić information content (AvgIpc) is 3.72. The quantitative estimate of drug-likeness (QED) is 0.188. The standard InChI is InChI=1S/C45H28N4O/c1-3-12-30(13-4-1)43-46-44(31-14-5-2-6-15-31)48-45(47-43)33-17-11-16-32(26-33)29-22-24-34(25-23-29)49-39-20-9-7-18-35(39)37-27-38-36-19-8-10-21-41(36)50-42(38)28-40(37)49/h1-28H. The van der Waals surface area contributed by atoms with Crippen molar-refractivity contribution in [2.24, 2.45) is 0 Å². The van der Waals surface area contributed by atoms with Crippen molar-refractivity contribution in [1.29, 1.82) is 0 Å². The van der Waals surface area contributed by atoms with Gasteiger partial charge in [0.2, 0.25) is 0 Å². The summed E-state index contributed by atoms with van der Waals surface area (Å²) in [6.07, 6.45) is 0. The molecule has 0 N–H and O–H groups in total. The van der Waals surface area contributed by atoms with E-state index in [1.807, 2.05) is 72.8 Å². The fourth-order valence-corrected chi connectivity index (χ4v) is 7.04. The van der Waals surface area contributed by atoms with Crippen LogP contribution < -0.4 is 0 Å². The highest BCUT2D eigenvalue weighted by atomic mass is 16.3. The van der Waals surface area contributed by atoms with Crippen LogP contribution in [0.15, 0.2) is 174 Å². The SMILES string of the molecule is c1ccc(-c2nc(-c3ccccc3)nc(-c3cccc(-c4ccc(-n5c6ccccc6c6cc7c(cc65)oc5ccccc57)cc4)c3)n2)cc1. The van der Waals surface area contributed by atoms with Crippen LogP contribution in [0.5, 0.6) is 0 Å². The highest BCUT2D eigenvalue weighted by Crippen LogP contribution is 2.38. The fraction of sp³-hybridized carbons (Fsp3) is 0. The van der Waals surface area contributed by atoms with Crippen molar-refractivity contribution < 1.29 is 4.42 Å². The molecular weight excluding hydrogens is 613 g/mol. The molecule has 3 heterocycles. The van der Waals surface area contributed by atoms with E-state index in [2.05, 4.69) is 102 Å². The highest BCUT2D eigenvalue weighted by molar-refractivity contribution is 6.17. The summed E-state index contributed by atoms with van der Waals surface area (Å²) in [6, 6.07) is 58.6. The predicted molar refractivity (Wildman–Crippen MR) is 203 cm³/mol. The van der Waals surface area contributed by atoms with Crippen LogP contribution in [0.2, 0.25) is 0 Å². The second-order valence-electron chi connectivity index (χ2n) is 12.5. The second kappa shape index (κ2) is 11.4. The van der Waals surface area contributed by atoms with Gasteiger partial charge in [-0.3, -0.25) is 0 Å². The molecule has 0 atom stereocenters. The summed E-state index contributed by atoms with van der Waals surface area (Å²) in [5, 5.41) is 4.70. The number of aromatic nitrogens is 4. The van der Waals surface area contributed by atoms with Gasteiger partial charge in [-0.15, -0.1) is 0 Å². The van der Waals surface area contributed by atoms with Gasteiger partial charge < -0.3 is 8.98 Å². The van der Waals surface area contributed by atoms with Gasteiger partial charge in [-0.25, -0.2) is 15.0 Å². The van der Waals surface area contributed by atoms with Crippen LogP contribution in [-0.2, 0) is 0 Å². The third-order valence-electron chi connectivity index (χ3n) is 9.45. The van der Waals surface area contributed by atoms with E-state index in [-0.39, 0.29) is 0 Å². The zero-order valence-electron chi connectivity index (χ0n) is 26.9. The maximum atomic E-state index is 6.31. The lowest BCUT2D eigenvalue weighted by molar-refractivity contribution is 0.669. The normalized spacial score (nSPS) is 11.6. The van der Waals surface area contributed by atoms with Crippen LogP contribution in [-0.4, -0.2) is 19.5 Å². The van der Waals surface area contributed by atoms with Gasteiger partial charge in [-0.05, 0) is 47.5 Å². The lowest BCUT2D eigenvalue weighted by Crippen LogP contribution is -2.00. The molecule has 0 unspecified atom stereocenters. The van der Waals surface area contributed by atoms with Crippen molar-refractivity contribution in [2.75, 3.05) is 0 Å². The Bertz CT molecular complexity index is 2800. The lowest BCUT2D eigenvalue weighted by atomic mass is 10.0. The summed E-state index contributed by atoms with van der Waals surface area (Å²) in [7, 11) is 0. The minimum atomic E-state index is 0.637. The number of hydrogen-bond acceptors (Lipinski definition) is 4. The van der Waals surface area contributed by atoms with Crippen molar-refractivity contribution in [3.05, 3.63) is 170 Å². The van der Waals surface area contributed by atoms with Gasteiger partial charge in [-0.1, -0.05) is 127 Å². The molecule has 5 nitrogen and oxygen atoms in total. The molecule has 0 spiro atoms. The monoisotopic (exact) mass is 640 g/mol. The molecule has 7 aromatic carbocycles.